The number of aromatic hydroxyl groups is 1. The van der Waals surface area contributed by atoms with Crippen molar-refractivity contribution in [1.29, 1.82) is 0 Å². The molecule has 0 atom stereocenters. The standard InChI is InChI=1S/C17H16FNO2/c18-13-8-9-14(16(20)11-13)17(21)19-10-4-3-6-12-5-1-2-7-15(12)19/h1-2,5,7-9,11,20H,3-4,6,10H2. The maximum atomic E-state index is 13.1. The van der Waals surface area contributed by atoms with E-state index >= 15 is 0 Å². The molecule has 21 heavy (non-hydrogen) atoms. The number of carbonyl (C=O) groups is 1. The summed E-state index contributed by atoms with van der Waals surface area (Å²) in [6.45, 7) is 0.604. The number of halogens is 1. The Morgan fingerprint density at radius 2 is 1.95 bits per heavy atom. The minimum atomic E-state index is -0.555. The zero-order valence-corrected chi connectivity index (χ0v) is 11.6. The number of phenols is 1. The van der Waals surface area contributed by atoms with Crippen LogP contribution in [-0.4, -0.2) is 17.6 Å². The summed E-state index contributed by atoms with van der Waals surface area (Å²) in [5, 5.41) is 9.82. The van der Waals surface area contributed by atoms with E-state index in [1.807, 2.05) is 24.3 Å². The summed E-state index contributed by atoms with van der Waals surface area (Å²) in [5.41, 5.74) is 2.14. The smallest absolute Gasteiger partial charge is 0.262 e. The summed E-state index contributed by atoms with van der Waals surface area (Å²) in [6.07, 6.45) is 2.87. The molecule has 0 aliphatic carbocycles. The molecule has 0 spiro atoms. The second-order valence-corrected chi connectivity index (χ2v) is 5.20. The van der Waals surface area contributed by atoms with Gasteiger partial charge in [-0.15, -0.1) is 0 Å². The zero-order chi connectivity index (χ0) is 14.8. The number of para-hydroxylation sites is 1. The first-order valence-corrected chi connectivity index (χ1v) is 7.05. The van der Waals surface area contributed by atoms with Crippen LogP contribution in [0.3, 0.4) is 0 Å². The Kier molecular flexibility index (Phi) is 3.60. The highest BCUT2D eigenvalue weighted by Crippen LogP contribution is 2.29. The lowest BCUT2D eigenvalue weighted by Crippen LogP contribution is -2.31. The molecule has 3 nitrogen and oxygen atoms in total. The molecule has 0 saturated carbocycles. The number of fused-ring (bicyclic) bond motifs is 1. The fraction of sp³-hybridized carbons (Fsp3) is 0.235. The molecule has 4 heteroatoms. The Bertz CT molecular complexity index is 684. The summed E-state index contributed by atoms with van der Waals surface area (Å²) < 4.78 is 13.1. The molecule has 1 heterocycles. The van der Waals surface area contributed by atoms with Crippen LogP contribution in [0.5, 0.6) is 5.75 Å². The van der Waals surface area contributed by atoms with Crippen LogP contribution in [0, 0.1) is 5.82 Å². The second kappa shape index (κ2) is 5.56. The number of hydrogen-bond donors (Lipinski definition) is 1. The molecule has 0 radical (unpaired) electrons. The minimum Gasteiger partial charge on any atom is -0.507 e. The highest BCUT2D eigenvalue weighted by Gasteiger charge is 2.24. The molecule has 2 aromatic carbocycles. The molecular formula is C17H16FNO2. The number of hydrogen-bond acceptors (Lipinski definition) is 2. The number of aryl methyl sites for hydroxylation is 1. The van der Waals surface area contributed by atoms with Gasteiger partial charge in [0, 0.05) is 18.3 Å². The van der Waals surface area contributed by atoms with Crippen molar-refractivity contribution in [2.45, 2.75) is 19.3 Å². The van der Waals surface area contributed by atoms with E-state index in [-0.39, 0.29) is 17.2 Å². The van der Waals surface area contributed by atoms with Crippen LogP contribution < -0.4 is 4.90 Å². The molecule has 0 fully saturated rings. The number of nitrogens with zero attached hydrogens (tertiary/aromatic N) is 1. The first-order chi connectivity index (χ1) is 10.2. The minimum absolute atomic E-state index is 0.133. The molecule has 1 N–H and O–H groups in total. The van der Waals surface area contributed by atoms with Gasteiger partial charge in [0.2, 0.25) is 0 Å². The number of anilines is 1. The third kappa shape index (κ3) is 2.61. The second-order valence-electron chi connectivity index (χ2n) is 5.20. The Morgan fingerprint density at radius 1 is 1.14 bits per heavy atom. The predicted octanol–water partition coefficient (Wildman–Crippen LogP) is 3.51. The Labute approximate surface area is 122 Å². The van der Waals surface area contributed by atoms with Gasteiger partial charge in [-0.2, -0.15) is 0 Å². The van der Waals surface area contributed by atoms with Crippen LogP contribution in [0.1, 0.15) is 28.8 Å². The Hall–Kier alpha value is -2.36. The Morgan fingerprint density at radius 3 is 2.76 bits per heavy atom. The maximum absolute atomic E-state index is 13.1. The van der Waals surface area contributed by atoms with Crippen molar-refractivity contribution in [2.75, 3.05) is 11.4 Å². The molecule has 108 valence electrons. The average Bonchev–Trinajstić information content (AvgIpc) is 2.69. The monoisotopic (exact) mass is 285 g/mol. The van der Waals surface area contributed by atoms with Crippen molar-refractivity contribution < 1.29 is 14.3 Å². The van der Waals surface area contributed by atoms with Crippen molar-refractivity contribution in [3.05, 3.63) is 59.4 Å². The number of rotatable bonds is 1. The van der Waals surface area contributed by atoms with Gasteiger partial charge >= 0.3 is 0 Å². The summed E-state index contributed by atoms with van der Waals surface area (Å²) in [6, 6.07) is 11.3. The van der Waals surface area contributed by atoms with E-state index in [2.05, 4.69) is 0 Å². The van der Waals surface area contributed by atoms with Crippen LogP contribution in [0.4, 0.5) is 10.1 Å². The van der Waals surface area contributed by atoms with Gasteiger partial charge in [-0.05, 0) is 43.0 Å². The summed E-state index contributed by atoms with van der Waals surface area (Å²) in [7, 11) is 0. The molecule has 1 aliphatic rings. The molecule has 0 aromatic heterocycles. The van der Waals surface area contributed by atoms with E-state index in [1.54, 1.807) is 4.90 Å². The lowest BCUT2D eigenvalue weighted by atomic mass is 10.1. The van der Waals surface area contributed by atoms with Crippen LogP contribution >= 0.6 is 0 Å². The molecule has 3 rings (SSSR count). The van der Waals surface area contributed by atoms with Gasteiger partial charge < -0.3 is 10.0 Å². The maximum Gasteiger partial charge on any atom is 0.262 e. The van der Waals surface area contributed by atoms with Gasteiger partial charge in [-0.25, -0.2) is 4.39 Å². The Balaban J connectivity index is 2.01. The van der Waals surface area contributed by atoms with E-state index in [0.29, 0.717) is 6.54 Å². The first-order valence-electron chi connectivity index (χ1n) is 7.05. The van der Waals surface area contributed by atoms with Crippen molar-refractivity contribution in [2.24, 2.45) is 0 Å². The SMILES string of the molecule is O=C(c1ccc(F)cc1O)N1CCCCc2ccccc21. The average molecular weight is 285 g/mol. The van der Waals surface area contributed by atoms with Crippen molar-refractivity contribution in [3.63, 3.8) is 0 Å². The molecule has 0 saturated heterocycles. The van der Waals surface area contributed by atoms with E-state index in [0.717, 1.165) is 36.6 Å². The van der Waals surface area contributed by atoms with Gasteiger partial charge in [0.25, 0.3) is 5.91 Å². The number of carbonyl (C=O) groups excluding carboxylic acids is 1. The summed E-state index contributed by atoms with van der Waals surface area (Å²) in [4.78, 5) is 14.4. The highest BCUT2D eigenvalue weighted by molar-refractivity contribution is 6.08. The lowest BCUT2D eigenvalue weighted by Gasteiger charge is -2.23. The lowest BCUT2D eigenvalue weighted by molar-refractivity contribution is 0.0984. The quantitative estimate of drug-likeness (QED) is 0.871. The van der Waals surface area contributed by atoms with Crippen LogP contribution in [0.2, 0.25) is 0 Å². The van der Waals surface area contributed by atoms with Gasteiger partial charge in [-0.1, -0.05) is 18.2 Å². The number of phenolic OH excluding ortho intramolecular Hbond substituents is 1. The van der Waals surface area contributed by atoms with Gasteiger partial charge in [-0.3, -0.25) is 4.79 Å². The summed E-state index contributed by atoms with van der Waals surface area (Å²) >= 11 is 0. The zero-order valence-electron chi connectivity index (χ0n) is 11.6. The third-order valence-electron chi connectivity index (χ3n) is 3.80. The topological polar surface area (TPSA) is 40.5 Å². The van der Waals surface area contributed by atoms with Crippen molar-refractivity contribution in [3.8, 4) is 5.75 Å². The van der Waals surface area contributed by atoms with Gasteiger partial charge in [0.15, 0.2) is 0 Å². The van der Waals surface area contributed by atoms with Crippen LogP contribution in [0.15, 0.2) is 42.5 Å². The van der Waals surface area contributed by atoms with E-state index in [9.17, 15) is 14.3 Å². The van der Waals surface area contributed by atoms with Gasteiger partial charge in [0.1, 0.15) is 11.6 Å². The third-order valence-corrected chi connectivity index (χ3v) is 3.80. The molecule has 0 unspecified atom stereocenters. The predicted molar refractivity (Wildman–Crippen MR) is 79.1 cm³/mol. The normalized spacial score (nSPS) is 14.4. The molecular weight excluding hydrogens is 269 g/mol. The molecule has 2 aromatic rings. The number of benzene rings is 2. The fourth-order valence-corrected chi connectivity index (χ4v) is 2.73. The van der Waals surface area contributed by atoms with Crippen molar-refractivity contribution >= 4 is 11.6 Å². The van der Waals surface area contributed by atoms with E-state index < -0.39 is 5.82 Å². The fourth-order valence-electron chi connectivity index (χ4n) is 2.73. The molecule has 1 aliphatic heterocycles. The number of amides is 1. The van der Waals surface area contributed by atoms with E-state index in [4.69, 9.17) is 0 Å². The van der Waals surface area contributed by atoms with Crippen LogP contribution in [-0.2, 0) is 6.42 Å². The van der Waals surface area contributed by atoms with Gasteiger partial charge in [0.05, 0.1) is 5.56 Å². The first kappa shape index (κ1) is 13.6. The largest absolute Gasteiger partial charge is 0.507 e. The van der Waals surface area contributed by atoms with Crippen LogP contribution in [0.25, 0.3) is 0 Å². The molecule has 0 bridgehead atoms. The van der Waals surface area contributed by atoms with Crippen molar-refractivity contribution in [1.82, 2.24) is 0 Å². The van der Waals surface area contributed by atoms with E-state index in [1.165, 1.54) is 12.1 Å². The molecule has 1 amide bonds. The highest BCUT2D eigenvalue weighted by atomic mass is 19.1. The summed E-state index contributed by atoms with van der Waals surface area (Å²) in [5.74, 6) is -1.16.